The van der Waals surface area contributed by atoms with Gasteiger partial charge < -0.3 is 55.5 Å². The Morgan fingerprint density at radius 3 is 1.73 bits per heavy atom. The molecule has 0 radical (unpaired) electrons. The lowest BCUT2D eigenvalue weighted by molar-refractivity contribution is -0.144. The molecule has 0 bridgehead atoms. The fraction of sp³-hybridized carbons (Fsp3) is 0.650. The summed E-state index contributed by atoms with van der Waals surface area (Å²) < 4.78 is 0. The van der Waals surface area contributed by atoms with Crippen LogP contribution in [0.2, 0.25) is 0 Å². The Morgan fingerprint density at radius 1 is 0.703 bits per heavy atom. The van der Waals surface area contributed by atoms with E-state index in [1.54, 1.807) is 0 Å². The van der Waals surface area contributed by atoms with Crippen molar-refractivity contribution in [3.63, 3.8) is 0 Å². The Labute approximate surface area is 213 Å². The first-order valence-electron chi connectivity index (χ1n) is 11.5. The Bertz CT molecular complexity index is 847. The van der Waals surface area contributed by atoms with Crippen LogP contribution in [-0.4, -0.2) is 83.8 Å². The summed E-state index contributed by atoms with van der Waals surface area (Å²) in [6.07, 6.45) is 0.141. The van der Waals surface area contributed by atoms with Crippen LogP contribution in [-0.2, 0) is 28.8 Å². The van der Waals surface area contributed by atoms with Crippen molar-refractivity contribution in [3.05, 3.63) is 0 Å². The number of carboxylic acids is 1. The molecule has 0 aromatic carbocycles. The van der Waals surface area contributed by atoms with E-state index in [2.05, 4.69) is 20.9 Å². The van der Waals surface area contributed by atoms with Gasteiger partial charge in [-0.1, -0.05) is 0 Å². The van der Waals surface area contributed by atoms with Crippen molar-refractivity contribution >= 4 is 41.5 Å². The number of rotatable bonds is 19. The number of carboxylic acid groups (broad SMARTS) is 1. The fourth-order valence-electron chi connectivity index (χ4n) is 3.05. The number of unbranched alkanes of at least 4 members (excludes halogenated alkanes) is 1. The number of nitrogens with one attached hydrogen (secondary N) is 3. The van der Waals surface area contributed by atoms with Gasteiger partial charge >= 0.3 is 5.97 Å². The summed E-state index contributed by atoms with van der Waals surface area (Å²) in [5, 5.41) is 16.1. The van der Waals surface area contributed by atoms with Gasteiger partial charge in [-0.05, 0) is 38.6 Å². The van der Waals surface area contributed by atoms with Crippen LogP contribution in [0, 0.1) is 0 Å². The van der Waals surface area contributed by atoms with Crippen LogP contribution in [0.5, 0.6) is 0 Å². The van der Waals surface area contributed by atoms with Gasteiger partial charge in [0.15, 0.2) is 5.96 Å². The molecule has 0 aromatic rings. The minimum absolute atomic E-state index is 0.0409. The van der Waals surface area contributed by atoms with Crippen LogP contribution in [0.3, 0.4) is 0 Å². The van der Waals surface area contributed by atoms with Crippen LogP contribution in [0.1, 0.15) is 44.9 Å². The molecule has 0 rings (SSSR count). The summed E-state index contributed by atoms with van der Waals surface area (Å²) in [7, 11) is 0. The average molecular weight is 531 g/mol. The van der Waals surface area contributed by atoms with Crippen molar-refractivity contribution < 1.29 is 33.9 Å². The fourth-order valence-corrected chi connectivity index (χ4v) is 3.05. The van der Waals surface area contributed by atoms with Gasteiger partial charge in [0.1, 0.15) is 18.1 Å². The zero-order valence-electron chi connectivity index (χ0n) is 20.5. The smallest absolute Gasteiger partial charge is 0.326 e. The van der Waals surface area contributed by atoms with Gasteiger partial charge in [-0.15, -0.1) is 0 Å². The van der Waals surface area contributed by atoms with E-state index in [1.165, 1.54) is 0 Å². The number of nitrogens with zero attached hydrogens (tertiary/aromatic N) is 1. The third kappa shape index (κ3) is 14.9. The van der Waals surface area contributed by atoms with Crippen LogP contribution >= 0.6 is 0 Å². The lowest BCUT2D eigenvalue weighted by Gasteiger charge is -2.24. The monoisotopic (exact) mass is 530 g/mol. The summed E-state index contributed by atoms with van der Waals surface area (Å²) >= 11 is 0. The summed E-state index contributed by atoms with van der Waals surface area (Å²) in [4.78, 5) is 75.9. The molecule has 0 saturated carbocycles. The third-order valence-electron chi connectivity index (χ3n) is 4.94. The van der Waals surface area contributed by atoms with Gasteiger partial charge in [-0.25, -0.2) is 4.79 Å². The second kappa shape index (κ2) is 17.4. The maximum atomic E-state index is 12.9. The van der Waals surface area contributed by atoms with Crippen molar-refractivity contribution in [3.8, 4) is 0 Å². The minimum atomic E-state index is -1.63. The first-order valence-corrected chi connectivity index (χ1v) is 11.5. The number of hydrogen-bond acceptors (Lipinski definition) is 9. The van der Waals surface area contributed by atoms with Crippen LogP contribution in [0.15, 0.2) is 4.99 Å². The largest absolute Gasteiger partial charge is 0.480 e. The number of carbonyl (C=O) groups is 6. The van der Waals surface area contributed by atoms with Gasteiger partial charge in [0.2, 0.25) is 29.5 Å². The van der Waals surface area contributed by atoms with Crippen molar-refractivity contribution in [2.45, 2.75) is 69.1 Å². The summed E-state index contributed by atoms with van der Waals surface area (Å²) in [5.41, 5.74) is 32.0. The number of primary amides is 2. The number of guanidine groups is 1. The normalized spacial score (nSPS) is 13.8. The summed E-state index contributed by atoms with van der Waals surface area (Å²) in [5.74, 6) is -6.12. The Balaban J connectivity index is 5.47. The van der Waals surface area contributed by atoms with E-state index in [1.807, 2.05) is 0 Å². The molecule has 4 unspecified atom stereocenters. The lowest BCUT2D eigenvalue weighted by atomic mass is 10.1. The molecular formula is C20H38N10O7. The molecule has 37 heavy (non-hydrogen) atoms. The summed E-state index contributed by atoms with van der Waals surface area (Å²) in [6.45, 7) is 0.518. The van der Waals surface area contributed by atoms with E-state index < -0.39 is 72.5 Å². The first-order chi connectivity index (χ1) is 17.3. The van der Waals surface area contributed by atoms with Crippen LogP contribution in [0.4, 0.5) is 0 Å². The Hall–Kier alpha value is -3.99. The molecular weight excluding hydrogens is 492 g/mol. The SMILES string of the molecule is NCCCCC(NC(=O)C(CC(N)=O)NC(=O)C(N)CCCN=C(N)N)C(=O)NC(CC(N)=O)C(=O)O. The van der Waals surface area contributed by atoms with E-state index >= 15 is 0 Å². The van der Waals surface area contributed by atoms with E-state index in [0.717, 1.165) is 0 Å². The maximum absolute atomic E-state index is 12.9. The number of nitrogens with two attached hydrogens (primary N) is 6. The average Bonchev–Trinajstić information content (AvgIpc) is 2.79. The predicted molar refractivity (Wildman–Crippen MR) is 132 cm³/mol. The molecule has 0 saturated heterocycles. The Kier molecular flexibility index (Phi) is 15.6. The number of aliphatic carboxylic acids is 1. The third-order valence-corrected chi connectivity index (χ3v) is 4.94. The molecule has 0 spiro atoms. The molecule has 210 valence electrons. The highest BCUT2D eigenvalue weighted by Gasteiger charge is 2.31. The zero-order chi connectivity index (χ0) is 28.5. The van der Waals surface area contributed by atoms with Crippen LogP contribution < -0.4 is 50.4 Å². The van der Waals surface area contributed by atoms with E-state index in [4.69, 9.17) is 34.4 Å². The standard InChI is InChI=1S/C20H38N10O7/c21-6-2-1-5-11(17(34)30-13(19(36)37)9-15(24)32)28-18(35)12(8-14(23)31)29-16(33)10(22)4-3-7-27-20(25)26/h10-13H,1-9,21-22H2,(H2,23,31)(H2,24,32)(H,28,35)(H,29,33)(H,30,34)(H,36,37)(H4,25,26,27). The van der Waals surface area contributed by atoms with Crippen molar-refractivity contribution in [2.24, 2.45) is 39.4 Å². The van der Waals surface area contributed by atoms with Gasteiger partial charge in [0, 0.05) is 6.54 Å². The summed E-state index contributed by atoms with van der Waals surface area (Å²) in [6, 6.07) is -5.45. The number of hydrogen-bond donors (Lipinski definition) is 10. The lowest BCUT2D eigenvalue weighted by Crippen LogP contribution is -2.58. The molecule has 0 fully saturated rings. The van der Waals surface area contributed by atoms with E-state index in [-0.39, 0.29) is 25.3 Å². The molecule has 0 aliphatic heterocycles. The van der Waals surface area contributed by atoms with Gasteiger partial charge in [0.05, 0.1) is 18.9 Å². The maximum Gasteiger partial charge on any atom is 0.326 e. The first kappa shape index (κ1) is 33.0. The zero-order valence-corrected chi connectivity index (χ0v) is 20.5. The highest BCUT2D eigenvalue weighted by Crippen LogP contribution is 2.05. The minimum Gasteiger partial charge on any atom is -0.480 e. The van der Waals surface area contributed by atoms with Crippen molar-refractivity contribution in [2.75, 3.05) is 13.1 Å². The topological polar surface area (TPSA) is 327 Å². The van der Waals surface area contributed by atoms with Crippen molar-refractivity contribution in [1.82, 2.24) is 16.0 Å². The van der Waals surface area contributed by atoms with E-state index in [0.29, 0.717) is 25.8 Å². The van der Waals surface area contributed by atoms with Gasteiger partial charge in [-0.2, -0.15) is 0 Å². The van der Waals surface area contributed by atoms with Gasteiger partial charge in [-0.3, -0.25) is 29.0 Å². The molecule has 0 heterocycles. The second-order valence-electron chi connectivity index (χ2n) is 8.20. The molecule has 0 aliphatic rings. The molecule has 5 amide bonds. The predicted octanol–water partition coefficient (Wildman–Crippen LogP) is -5.21. The quantitative estimate of drug-likeness (QED) is 0.0427. The number of aliphatic imine (C=N–C) groups is 1. The molecule has 0 aliphatic carbocycles. The molecule has 17 heteroatoms. The van der Waals surface area contributed by atoms with Crippen LogP contribution in [0.25, 0.3) is 0 Å². The number of amides is 5. The highest BCUT2D eigenvalue weighted by atomic mass is 16.4. The molecule has 4 atom stereocenters. The van der Waals surface area contributed by atoms with Crippen molar-refractivity contribution in [1.29, 1.82) is 0 Å². The van der Waals surface area contributed by atoms with E-state index in [9.17, 15) is 33.9 Å². The second-order valence-corrected chi connectivity index (χ2v) is 8.20. The highest BCUT2D eigenvalue weighted by molar-refractivity contribution is 5.96. The van der Waals surface area contributed by atoms with Gasteiger partial charge in [0.25, 0.3) is 0 Å². The molecule has 16 N–H and O–H groups in total. The Morgan fingerprint density at radius 2 is 1.22 bits per heavy atom. The number of carbonyl (C=O) groups excluding carboxylic acids is 5. The molecule has 17 nitrogen and oxygen atoms in total. The molecule has 0 aromatic heterocycles.